The zero-order chi connectivity index (χ0) is 29.2. The van der Waals surface area contributed by atoms with Crippen molar-refractivity contribution >= 4 is 28.4 Å². The van der Waals surface area contributed by atoms with Crippen molar-refractivity contribution in [2.45, 2.75) is 44.8 Å². The SMILES string of the molecule is C=CC(=O)N1CC[C@@H](Oc2nc3c(-c4ccc(N5CCC(N6CCN(C)CC6)CC5)cc4)cnc(N)c3nc2CC)C1. The summed E-state index contributed by atoms with van der Waals surface area (Å²) < 4.78 is 6.34. The fourth-order valence-corrected chi connectivity index (χ4v) is 6.45. The number of rotatable bonds is 7. The first-order chi connectivity index (χ1) is 20.4. The second-order valence-electron chi connectivity index (χ2n) is 11.7. The molecule has 2 aromatic heterocycles. The van der Waals surface area contributed by atoms with Crippen LogP contribution in [0, 0.1) is 0 Å². The van der Waals surface area contributed by atoms with Crippen LogP contribution in [-0.2, 0) is 11.2 Å². The van der Waals surface area contributed by atoms with Gasteiger partial charge in [-0.05, 0) is 50.1 Å². The van der Waals surface area contributed by atoms with Gasteiger partial charge in [0, 0.05) is 75.7 Å². The van der Waals surface area contributed by atoms with Crippen LogP contribution in [0.1, 0.15) is 31.9 Å². The number of likely N-dealkylation sites (tertiary alicyclic amines) is 1. The molecule has 3 aromatic rings. The van der Waals surface area contributed by atoms with Crippen LogP contribution < -0.4 is 15.4 Å². The Morgan fingerprint density at radius 2 is 1.76 bits per heavy atom. The second-order valence-corrected chi connectivity index (χ2v) is 11.7. The standard InChI is InChI=1S/C32H42N8O2/c1-4-27-32(42-25-12-15-40(21-25)28(41)5-2)36-29-26(20-34-31(33)30(29)35-27)22-6-8-23(9-7-22)38-13-10-24(11-14-38)39-18-16-37(3)17-19-39/h5-9,20,24-25H,2,4,10-19,21H2,1,3H3,(H2,33,34)/t25-/m1/s1. The normalized spacial score (nSPS) is 20.8. The van der Waals surface area contributed by atoms with E-state index >= 15 is 0 Å². The van der Waals surface area contributed by atoms with Crippen molar-refractivity contribution in [3.8, 4) is 17.0 Å². The number of amides is 1. The number of pyridine rings is 1. The van der Waals surface area contributed by atoms with Gasteiger partial charge in [0.25, 0.3) is 0 Å². The Hall–Kier alpha value is -3.76. The quantitative estimate of drug-likeness (QED) is 0.429. The van der Waals surface area contributed by atoms with Gasteiger partial charge in [-0.2, -0.15) is 0 Å². The van der Waals surface area contributed by atoms with Crippen molar-refractivity contribution < 1.29 is 9.53 Å². The van der Waals surface area contributed by atoms with E-state index in [-0.39, 0.29) is 12.0 Å². The number of nitrogen functional groups attached to an aromatic ring is 1. The first kappa shape index (κ1) is 28.4. The Morgan fingerprint density at radius 1 is 1.02 bits per heavy atom. The molecule has 6 rings (SSSR count). The molecule has 42 heavy (non-hydrogen) atoms. The number of ether oxygens (including phenoxy) is 1. The minimum atomic E-state index is -0.145. The molecule has 0 spiro atoms. The average molecular weight is 571 g/mol. The number of carbonyl (C=O) groups is 1. The number of piperidine rings is 1. The van der Waals surface area contributed by atoms with Crippen LogP contribution in [0.15, 0.2) is 43.1 Å². The van der Waals surface area contributed by atoms with Crippen molar-refractivity contribution in [1.82, 2.24) is 29.7 Å². The number of aryl methyl sites for hydroxylation is 1. The maximum absolute atomic E-state index is 12.1. The van der Waals surface area contributed by atoms with Gasteiger partial charge in [0.2, 0.25) is 11.8 Å². The van der Waals surface area contributed by atoms with E-state index in [9.17, 15) is 4.79 Å². The zero-order valence-corrected chi connectivity index (χ0v) is 24.8. The molecule has 3 aliphatic heterocycles. The number of carbonyl (C=O) groups excluding carboxylic acids is 1. The Morgan fingerprint density at radius 3 is 2.45 bits per heavy atom. The lowest BCUT2D eigenvalue weighted by molar-refractivity contribution is -0.125. The summed E-state index contributed by atoms with van der Waals surface area (Å²) in [6, 6.07) is 9.37. The van der Waals surface area contributed by atoms with Crippen LogP contribution in [0.4, 0.5) is 11.5 Å². The summed E-state index contributed by atoms with van der Waals surface area (Å²) >= 11 is 0. The minimum Gasteiger partial charge on any atom is -0.471 e. The Bertz CT molecular complexity index is 1430. The van der Waals surface area contributed by atoms with E-state index < -0.39 is 0 Å². The van der Waals surface area contributed by atoms with Gasteiger partial charge in [0.1, 0.15) is 22.8 Å². The van der Waals surface area contributed by atoms with Crippen molar-refractivity contribution in [3.05, 3.63) is 48.8 Å². The molecule has 2 N–H and O–H groups in total. The third kappa shape index (κ3) is 5.78. The van der Waals surface area contributed by atoms with E-state index in [0.29, 0.717) is 48.3 Å². The Labute approximate surface area is 248 Å². The smallest absolute Gasteiger partial charge is 0.246 e. The fourth-order valence-electron chi connectivity index (χ4n) is 6.45. The number of nitrogens with zero attached hydrogens (tertiary/aromatic N) is 7. The zero-order valence-electron chi connectivity index (χ0n) is 24.8. The first-order valence-corrected chi connectivity index (χ1v) is 15.2. The van der Waals surface area contributed by atoms with Crippen LogP contribution in [0.3, 0.4) is 0 Å². The molecular formula is C32H42N8O2. The lowest BCUT2D eigenvalue weighted by atomic mass is 10.0. The van der Waals surface area contributed by atoms with Gasteiger partial charge < -0.3 is 25.2 Å². The molecule has 1 aromatic carbocycles. The van der Waals surface area contributed by atoms with Crippen molar-refractivity contribution in [3.63, 3.8) is 0 Å². The van der Waals surface area contributed by atoms with Crippen molar-refractivity contribution in [1.29, 1.82) is 0 Å². The number of nitrogens with two attached hydrogens (primary N) is 1. The molecule has 1 atom stereocenters. The highest BCUT2D eigenvalue weighted by atomic mass is 16.5. The highest BCUT2D eigenvalue weighted by Gasteiger charge is 2.29. The van der Waals surface area contributed by atoms with E-state index in [1.165, 1.54) is 50.8 Å². The van der Waals surface area contributed by atoms with Gasteiger partial charge in [-0.1, -0.05) is 25.6 Å². The van der Waals surface area contributed by atoms with Crippen molar-refractivity contribution in [2.75, 3.05) is 70.0 Å². The van der Waals surface area contributed by atoms with Crippen LogP contribution in [-0.4, -0.2) is 107 Å². The topological polar surface area (TPSA) is 104 Å². The van der Waals surface area contributed by atoms with Crippen LogP contribution in [0.5, 0.6) is 5.88 Å². The van der Waals surface area contributed by atoms with E-state index in [0.717, 1.165) is 36.3 Å². The Kier molecular flexibility index (Phi) is 8.26. The molecule has 0 radical (unpaired) electrons. The minimum absolute atomic E-state index is 0.0783. The van der Waals surface area contributed by atoms with E-state index in [1.807, 2.05) is 6.92 Å². The molecule has 0 aliphatic carbocycles. The van der Waals surface area contributed by atoms with Gasteiger partial charge >= 0.3 is 0 Å². The number of anilines is 2. The number of fused-ring (bicyclic) bond motifs is 1. The predicted octanol–water partition coefficient (Wildman–Crippen LogP) is 3.22. The summed E-state index contributed by atoms with van der Waals surface area (Å²) in [5.41, 5.74) is 11.4. The molecule has 0 bridgehead atoms. The molecule has 10 heteroatoms. The fraction of sp³-hybridized carbons (Fsp3) is 0.500. The molecule has 5 heterocycles. The summed E-state index contributed by atoms with van der Waals surface area (Å²) in [5.74, 6) is 0.769. The van der Waals surface area contributed by atoms with Gasteiger partial charge in [0.05, 0.1) is 6.54 Å². The number of likely N-dealkylation sites (N-methyl/N-ethyl adjacent to an activating group) is 1. The number of aromatic nitrogens is 3. The number of hydrogen-bond donors (Lipinski definition) is 1. The summed E-state index contributed by atoms with van der Waals surface area (Å²) in [7, 11) is 2.22. The molecule has 0 saturated carbocycles. The van der Waals surface area contributed by atoms with Gasteiger partial charge in [0.15, 0.2) is 5.82 Å². The molecule has 3 fully saturated rings. The molecule has 10 nitrogen and oxygen atoms in total. The van der Waals surface area contributed by atoms with E-state index in [1.54, 1.807) is 11.1 Å². The molecule has 0 unspecified atom stereocenters. The summed E-state index contributed by atoms with van der Waals surface area (Å²) in [6.07, 6.45) is 6.77. The summed E-state index contributed by atoms with van der Waals surface area (Å²) in [5, 5.41) is 0. The largest absolute Gasteiger partial charge is 0.471 e. The highest BCUT2D eigenvalue weighted by molar-refractivity contribution is 5.96. The first-order valence-electron chi connectivity index (χ1n) is 15.2. The summed E-state index contributed by atoms with van der Waals surface area (Å²) in [4.78, 5) is 35.7. The maximum atomic E-state index is 12.1. The van der Waals surface area contributed by atoms with Crippen LogP contribution in [0.25, 0.3) is 22.2 Å². The van der Waals surface area contributed by atoms with Gasteiger partial charge in [-0.15, -0.1) is 0 Å². The lowest BCUT2D eigenvalue weighted by Gasteiger charge is -2.42. The van der Waals surface area contributed by atoms with E-state index in [4.69, 9.17) is 20.4 Å². The molecule has 3 aliphatic rings. The van der Waals surface area contributed by atoms with E-state index in [2.05, 4.69) is 57.6 Å². The number of hydrogen-bond acceptors (Lipinski definition) is 9. The van der Waals surface area contributed by atoms with Crippen LogP contribution in [0.2, 0.25) is 0 Å². The highest BCUT2D eigenvalue weighted by Crippen LogP contribution is 2.33. The Balaban J connectivity index is 1.20. The third-order valence-corrected chi connectivity index (χ3v) is 9.07. The monoisotopic (exact) mass is 570 g/mol. The predicted molar refractivity (Wildman–Crippen MR) is 167 cm³/mol. The summed E-state index contributed by atoms with van der Waals surface area (Å²) in [6.45, 7) is 13.6. The lowest BCUT2D eigenvalue weighted by Crippen LogP contribution is -2.52. The molecule has 222 valence electrons. The second kappa shape index (κ2) is 12.2. The third-order valence-electron chi connectivity index (χ3n) is 9.07. The van der Waals surface area contributed by atoms with Crippen molar-refractivity contribution in [2.24, 2.45) is 0 Å². The number of benzene rings is 1. The average Bonchev–Trinajstić information content (AvgIpc) is 3.50. The maximum Gasteiger partial charge on any atom is 0.246 e. The molecular weight excluding hydrogens is 528 g/mol. The van der Waals surface area contributed by atoms with Gasteiger partial charge in [-0.25, -0.2) is 15.0 Å². The molecule has 1 amide bonds. The van der Waals surface area contributed by atoms with Gasteiger partial charge in [-0.3, -0.25) is 9.69 Å². The van der Waals surface area contributed by atoms with Crippen LogP contribution >= 0.6 is 0 Å². The number of piperazine rings is 1. The molecule has 3 saturated heterocycles.